The van der Waals surface area contributed by atoms with E-state index < -0.39 is 10.0 Å². The molecule has 0 saturated heterocycles. The maximum absolute atomic E-state index is 14.1. The standard InChI is InChI=1S/C44H43N9O10S/c1-44(2,3)28-16-18-29(19-17-28)64(55,56)53-36-34(62-32-14-8-6-12-30(32)57-4)41(50-39(49-36)37-45-20-10-21-46-37)60-26-27-61-43-35(63-33-15-9-7-13-31(33)58-5)42(59-25-24-54)51-40(52-43)38-47-22-11-23-48-38/h6-23,54H,24-27H2,1-5H3,(H,49,50,53). The molecule has 20 heteroatoms. The van der Waals surface area contributed by atoms with Gasteiger partial charge in [-0.15, -0.1) is 0 Å². The highest BCUT2D eigenvalue weighted by atomic mass is 32.2. The zero-order valence-electron chi connectivity index (χ0n) is 35.3. The third kappa shape index (κ3) is 10.7. The predicted molar refractivity (Wildman–Crippen MR) is 232 cm³/mol. The number of para-hydroxylation sites is 4. The van der Waals surface area contributed by atoms with Crippen molar-refractivity contribution >= 4 is 15.8 Å². The van der Waals surface area contributed by atoms with E-state index in [9.17, 15) is 13.5 Å². The fraction of sp³-hybridized carbons (Fsp3) is 0.227. The zero-order valence-corrected chi connectivity index (χ0v) is 36.1. The van der Waals surface area contributed by atoms with Crippen LogP contribution in [0.1, 0.15) is 26.3 Å². The van der Waals surface area contributed by atoms with E-state index in [0.29, 0.717) is 11.5 Å². The maximum Gasteiger partial charge on any atom is 0.265 e. The fourth-order valence-electron chi connectivity index (χ4n) is 5.78. The summed E-state index contributed by atoms with van der Waals surface area (Å²) in [6, 6.07) is 23.4. The third-order valence-electron chi connectivity index (χ3n) is 8.88. The van der Waals surface area contributed by atoms with Crippen LogP contribution in [0, 0.1) is 0 Å². The van der Waals surface area contributed by atoms with Gasteiger partial charge in [0.1, 0.15) is 19.8 Å². The second-order valence-electron chi connectivity index (χ2n) is 14.3. The molecule has 0 aliphatic heterocycles. The summed E-state index contributed by atoms with van der Waals surface area (Å²) >= 11 is 0. The molecule has 0 unspecified atom stereocenters. The number of benzene rings is 3. The Labute approximate surface area is 368 Å². The number of aliphatic hydroxyl groups is 1. The van der Waals surface area contributed by atoms with Crippen LogP contribution < -0.4 is 37.9 Å². The van der Waals surface area contributed by atoms with Crippen molar-refractivity contribution in [3.05, 3.63) is 115 Å². The van der Waals surface area contributed by atoms with Crippen LogP contribution in [0.15, 0.2) is 115 Å². The quantitative estimate of drug-likeness (QED) is 0.0803. The van der Waals surface area contributed by atoms with Crippen molar-refractivity contribution in [2.45, 2.75) is 31.1 Å². The first-order valence-electron chi connectivity index (χ1n) is 19.6. The van der Waals surface area contributed by atoms with Crippen LogP contribution in [0.25, 0.3) is 23.3 Å². The largest absolute Gasteiger partial charge is 0.493 e. The summed E-state index contributed by atoms with van der Waals surface area (Å²) in [7, 11) is -1.36. The summed E-state index contributed by atoms with van der Waals surface area (Å²) in [6.45, 7) is 5.11. The van der Waals surface area contributed by atoms with Crippen LogP contribution in [0.5, 0.6) is 52.1 Å². The molecular formula is C44H43N9O10S. The molecule has 0 amide bonds. The van der Waals surface area contributed by atoms with E-state index in [4.69, 9.17) is 33.2 Å². The number of aliphatic hydroxyl groups excluding tert-OH is 1. The van der Waals surface area contributed by atoms with E-state index in [1.165, 1.54) is 51.1 Å². The number of nitrogens with zero attached hydrogens (tertiary/aromatic N) is 8. The molecule has 0 spiro atoms. The van der Waals surface area contributed by atoms with Gasteiger partial charge in [0.25, 0.3) is 33.4 Å². The van der Waals surface area contributed by atoms with Gasteiger partial charge in [-0.25, -0.2) is 33.3 Å². The molecule has 330 valence electrons. The number of methoxy groups -OCH3 is 2. The number of rotatable bonds is 19. The van der Waals surface area contributed by atoms with E-state index in [-0.39, 0.29) is 106 Å². The van der Waals surface area contributed by atoms with Gasteiger partial charge in [-0.2, -0.15) is 15.0 Å². The van der Waals surface area contributed by atoms with E-state index in [2.05, 4.69) is 44.6 Å². The Balaban J connectivity index is 1.28. The molecule has 4 aromatic heterocycles. The molecule has 0 radical (unpaired) electrons. The van der Waals surface area contributed by atoms with E-state index in [1.807, 2.05) is 20.8 Å². The van der Waals surface area contributed by atoms with Crippen molar-refractivity contribution in [2.75, 3.05) is 45.4 Å². The monoisotopic (exact) mass is 889 g/mol. The summed E-state index contributed by atoms with van der Waals surface area (Å²) < 4.78 is 72.7. The number of anilines is 1. The molecule has 7 rings (SSSR count). The van der Waals surface area contributed by atoms with Crippen LogP contribution >= 0.6 is 0 Å². The molecule has 19 nitrogen and oxygen atoms in total. The number of nitrogens with one attached hydrogen (secondary N) is 1. The SMILES string of the molecule is COc1ccccc1Oc1c(NS(=O)(=O)c2ccc(C(C)(C)C)cc2)nc(-c2ncccn2)nc1OCCOc1nc(-c2ncccn2)nc(OCCO)c1Oc1ccccc1OC. The first-order valence-corrected chi connectivity index (χ1v) is 21.1. The van der Waals surface area contributed by atoms with Gasteiger partial charge in [0, 0.05) is 24.8 Å². The topological polar surface area (TPSA) is 234 Å². The molecular weight excluding hydrogens is 847 g/mol. The normalized spacial score (nSPS) is 11.3. The Bertz CT molecular complexity index is 2780. The molecule has 0 fully saturated rings. The Hall–Kier alpha value is -7.71. The second kappa shape index (κ2) is 20.0. The van der Waals surface area contributed by atoms with Crippen molar-refractivity contribution in [3.8, 4) is 75.4 Å². The molecule has 2 N–H and O–H groups in total. The van der Waals surface area contributed by atoms with Gasteiger partial charge in [0.2, 0.25) is 17.4 Å². The number of ether oxygens (including phenoxy) is 7. The molecule has 0 atom stereocenters. The summed E-state index contributed by atoms with van der Waals surface area (Å²) in [5.41, 5.74) is 0.721. The first-order chi connectivity index (χ1) is 31.0. The summed E-state index contributed by atoms with van der Waals surface area (Å²) in [5, 5.41) is 9.67. The average Bonchev–Trinajstić information content (AvgIpc) is 3.31. The average molecular weight is 890 g/mol. The van der Waals surface area contributed by atoms with Crippen molar-refractivity contribution in [1.29, 1.82) is 0 Å². The highest BCUT2D eigenvalue weighted by molar-refractivity contribution is 7.92. The van der Waals surface area contributed by atoms with Crippen LogP contribution in [-0.4, -0.2) is 94.0 Å². The van der Waals surface area contributed by atoms with Crippen LogP contribution in [0.4, 0.5) is 5.82 Å². The molecule has 0 aliphatic carbocycles. The van der Waals surface area contributed by atoms with Gasteiger partial charge in [-0.05, 0) is 59.5 Å². The molecule has 0 saturated carbocycles. The number of hydrogen-bond donors (Lipinski definition) is 2. The first kappa shape index (κ1) is 44.3. The second-order valence-corrected chi connectivity index (χ2v) is 16.0. The van der Waals surface area contributed by atoms with E-state index >= 15 is 0 Å². The number of hydrogen-bond acceptors (Lipinski definition) is 18. The number of sulfonamides is 1. The van der Waals surface area contributed by atoms with Gasteiger partial charge < -0.3 is 38.3 Å². The summed E-state index contributed by atoms with van der Waals surface area (Å²) in [4.78, 5) is 35.3. The minimum atomic E-state index is -4.30. The Morgan fingerprint density at radius 3 is 1.45 bits per heavy atom. The Morgan fingerprint density at radius 1 is 0.547 bits per heavy atom. The minimum absolute atomic E-state index is 0.0256. The zero-order chi connectivity index (χ0) is 45.1. The molecule has 64 heavy (non-hydrogen) atoms. The Morgan fingerprint density at radius 2 is 0.984 bits per heavy atom. The molecule has 0 aliphatic rings. The lowest BCUT2D eigenvalue weighted by atomic mass is 9.87. The molecule has 4 heterocycles. The lowest BCUT2D eigenvalue weighted by Crippen LogP contribution is -2.18. The van der Waals surface area contributed by atoms with Gasteiger partial charge in [-0.3, -0.25) is 4.72 Å². The van der Waals surface area contributed by atoms with Crippen molar-refractivity contribution in [3.63, 3.8) is 0 Å². The predicted octanol–water partition coefficient (Wildman–Crippen LogP) is 6.71. The van der Waals surface area contributed by atoms with Crippen LogP contribution in [0.3, 0.4) is 0 Å². The molecule has 0 bridgehead atoms. The van der Waals surface area contributed by atoms with Gasteiger partial charge in [-0.1, -0.05) is 57.2 Å². The van der Waals surface area contributed by atoms with Gasteiger partial charge >= 0.3 is 0 Å². The van der Waals surface area contributed by atoms with Crippen LogP contribution in [-0.2, 0) is 15.4 Å². The molecule has 7 aromatic rings. The van der Waals surface area contributed by atoms with Gasteiger partial charge in [0.05, 0.1) is 25.7 Å². The van der Waals surface area contributed by atoms with E-state index in [1.54, 1.807) is 72.8 Å². The lowest BCUT2D eigenvalue weighted by molar-refractivity contribution is 0.182. The van der Waals surface area contributed by atoms with Crippen molar-refractivity contribution in [1.82, 2.24) is 39.9 Å². The molecule has 3 aromatic carbocycles. The van der Waals surface area contributed by atoms with E-state index in [0.717, 1.165) is 5.56 Å². The highest BCUT2D eigenvalue weighted by Gasteiger charge is 2.28. The van der Waals surface area contributed by atoms with Crippen molar-refractivity contribution < 1.29 is 46.7 Å². The van der Waals surface area contributed by atoms with Crippen molar-refractivity contribution in [2.24, 2.45) is 0 Å². The number of aromatic nitrogens is 8. The fourth-order valence-corrected chi connectivity index (χ4v) is 6.78. The Kier molecular flexibility index (Phi) is 13.9. The highest BCUT2D eigenvalue weighted by Crippen LogP contribution is 2.43. The maximum atomic E-state index is 14.1. The summed E-state index contributed by atoms with van der Waals surface area (Å²) in [6.07, 6.45) is 6.01. The minimum Gasteiger partial charge on any atom is -0.493 e. The third-order valence-corrected chi connectivity index (χ3v) is 10.2. The lowest BCUT2D eigenvalue weighted by Gasteiger charge is -2.20. The van der Waals surface area contributed by atoms with Crippen LogP contribution in [0.2, 0.25) is 0 Å². The van der Waals surface area contributed by atoms with Gasteiger partial charge in [0.15, 0.2) is 40.5 Å². The summed E-state index contributed by atoms with van der Waals surface area (Å²) in [5.74, 6) is 0.340. The smallest absolute Gasteiger partial charge is 0.265 e.